The molecule has 0 aliphatic carbocycles. The van der Waals surface area contributed by atoms with Gasteiger partial charge in [0.05, 0.1) is 12.5 Å². The van der Waals surface area contributed by atoms with Gasteiger partial charge in [-0.15, -0.1) is 0 Å². The van der Waals surface area contributed by atoms with Crippen molar-refractivity contribution in [2.45, 2.75) is 32.5 Å². The molecule has 0 aliphatic rings. The van der Waals surface area contributed by atoms with Gasteiger partial charge in [-0.3, -0.25) is 0 Å². The molecule has 1 heterocycles. The fraction of sp³-hybridized carbons (Fsp3) is 0.600. The summed E-state index contributed by atoms with van der Waals surface area (Å²) >= 11 is 0. The maximum atomic E-state index is 12.2. The van der Waals surface area contributed by atoms with E-state index in [1.165, 1.54) is 0 Å². The first-order valence-electron chi connectivity index (χ1n) is 4.79. The zero-order valence-corrected chi connectivity index (χ0v) is 8.69. The van der Waals surface area contributed by atoms with Gasteiger partial charge in [-0.1, -0.05) is 6.92 Å². The molecule has 5 heteroatoms. The van der Waals surface area contributed by atoms with Gasteiger partial charge in [-0.05, 0) is 25.6 Å². The van der Waals surface area contributed by atoms with E-state index in [4.69, 9.17) is 4.42 Å². The van der Waals surface area contributed by atoms with Gasteiger partial charge in [0.15, 0.2) is 0 Å². The van der Waals surface area contributed by atoms with Crippen LogP contribution in [0, 0.1) is 6.92 Å². The van der Waals surface area contributed by atoms with Crippen LogP contribution in [0.4, 0.5) is 13.2 Å². The summed E-state index contributed by atoms with van der Waals surface area (Å²) in [5.41, 5.74) is 0. The van der Waals surface area contributed by atoms with E-state index in [0.29, 0.717) is 18.1 Å². The monoisotopic (exact) mass is 221 g/mol. The standard InChI is InChI=1S/C10H14F3NO/c1-3-14-8(6-10(11,12)13)9-5-4-7(2)15-9/h4-5,8,14H,3,6H2,1-2H3. The van der Waals surface area contributed by atoms with E-state index in [2.05, 4.69) is 5.32 Å². The van der Waals surface area contributed by atoms with Crippen molar-refractivity contribution in [1.29, 1.82) is 0 Å². The predicted octanol–water partition coefficient (Wildman–Crippen LogP) is 3.19. The predicted molar refractivity (Wildman–Crippen MR) is 50.5 cm³/mol. The van der Waals surface area contributed by atoms with Gasteiger partial charge >= 0.3 is 6.18 Å². The highest BCUT2D eigenvalue weighted by Gasteiger charge is 2.33. The molecule has 1 unspecified atom stereocenters. The van der Waals surface area contributed by atoms with Gasteiger partial charge < -0.3 is 9.73 Å². The molecule has 86 valence electrons. The van der Waals surface area contributed by atoms with Gasteiger partial charge in [-0.2, -0.15) is 13.2 Å². The number of aryl methyl sites for hydroxylation is 1. The normalized spacial score (nSPS) is 14.2. The summed E-state index contributed by atoms with van der Waals surface area (Å²) in [6, 6.07) is 2.45. The first kappa shape index (κ1) is 12.1. The second-order valence-corrected chi connectivity index (χ2v) is 3.38. The van der Waals surface area contributed by atoms with Crippen LogP contribution in [0.15, 0.2) is 16.5 Å². The molecule has 0 aromatic carbocycles. The van der Waals surface area contributed by atoms with E-state index < -0.39 is 18.6 Å². The van der Waals surface area contributed by atoms with Crippen LogP contribution >= 0.6 is 0 Å². The van der Waals surface area contributed by atoms with Gasteiger partial charge in [0, 0.05) is 0 Å². The Kier molecular flexibility index (Phi) is 3.79. The molecule has 1 atom stereocenters. The Morgan fingerprint density at radius 2 is 2.07 bits per heavy atom. The summed E-state index contributed by atoms with van der Waals surface area (Å²) in [5, 5.41) is 2.76. The zero-order chi connectivity index (χ0) is 11.5. The lowest BCUT2D eigenvalue weighted by Crippen LogP contribution is -2.26. The average Bonchev–Trinajstić information content (AvgIpc) is 2.48. The second kappa shape index (κ2) is 4.70. The van der Waals surface area contributed by atoms with E-state index in [9.17, 15) is 13.2 Å². The highest BCUT2D eigenvalue weighted by atomic mass is 19.4. The number of nitrogens with one attached hydrogen (secondary N) is 1. The highest BCUT2D eigenvalue weighted by molar-refractivity contribution is 5.10. The summed E-state index contributed by atoms with van der Waals surface area (Å²) in [7, 11) is 0. The van der Waals surface area contributed by atoms with Crippen LogP contribution in [-0.4, -0.2) is 12.7 Å². The van der Waals surface area contributed by atoms with E-state index in [1.54, 1.807) is 26.0 Å². The molecule has 0 amide bonds. The number of furan rings is 1. The average molecular weight is 221 g/mol. The van der Waals surface area contributed by atoms with E-state index >= 15 is 0 Å². The SMILES string of the molecule is CCNC(CC(F)(F)F)c1ccc(C)o1. The second-order valence-electron chi connectivity index (χ2n) is 3.38. The molecule has 0 spiro atoms. The van der Waals surface area contributed by atoms with Crippen molar-refractivity contribution in [3.05, 3.63) is 23.7 Å². The lowest BCUT2D eigenvalue weighted by atomic mass is 10.1. The summed E-state index contributed by atoms with van der Waals surface area (Å²) in [6.07, 6.45) is -5.10. The molecular weight excluding hydrogens is 207 g/mol. The van der Waals surface area contributed by atoms with Crippen LogP contribution in [0.2, 0.25) is 0 Å². The highest BCUT2D eigenvalue weighted by Crippen LogP contribution is 2.30. The van der Waals surface area contributed by atoms with Crippen LogP contribution in [0.3, 0.4) is 0 Å². The molecule has 1 rings (SSSR count). The van der Waals surface area contributed by atoms with Crippen LogP contribution in [-0.2, 0) is 0 Å². The Labute approximate surface area is 86.5 Å². The van der Waals surface area contributed by atoms with Crippen molar-refractivity contribution >= 4 is 0 Å². The zero-order valence-electron chi connectivity index (χ0n) is 8.69. The van der Waals surface area contributed by atoms with E-state index in [0.717, 1.165) is 0 Å². The van der Waals surface area contributed by atoms with Gasteiger partial charge in [0.1, 0.15) is 11.5 Å². The lowest BCUT2D eigenvalue weighted by molar-refractivity contribution is -0.141. The van der Waals surface area contributed by atoms with Crippen LogP contribution < -0.4 is 5.32 Å². The Bertz CT molecular complexity index is 306. The lowest BCUT2D eigenvalue weighted by Gasteiger charge is -2.17. The minimum Gasteiger partial charge on any atom is -0.465 e. The maximum absolute atomic E-state index is 12.2. The first-order valence-corrected chi connectivity index (χ1v) is 4.79. The minimum absolute atomic E-state index is 0.340. The number of alkyl halides is 3. The number of hydrogen-bond acceptors (Lipinski definition) is 2. The largest absolute Gasteiger partial charge is 0.465 e. The summed E-state index contributed by atoms with van der Waals surface area (Å²) in [5.74, 6) is 0.960. The third-order valence-electron chi connectivity index (χ3n) is 1.99. The third-order valence-corrected chi connectivity index (χ3v) is 1.99. The van der Waals surface area contributed by atoms with Crippen LogP contribution in [0.25, 0.3) is 0 Å². The molecule has 1 N–H and O–H groups in total. The summed E-state index contributed by atoms with van der Waals surface area (Å²) < 4.78 is 41.9. The number of halogens is 3. The molecular formula is C10H14F3NO. The van der Waals surface area contributed by atoms with Gasteiger partial charge in [-0.25, -0.2) is 0 Å². The third kappa shape index (κ3) is 3.95. The molecule has 0 bridgehead atoms. The molecule has 2 nitrogen and oxygen atoms in total. The molecule has 1 aromatic rings. The van der Waals surface area contributed by atoms with E-state index in [1.807, 2.05) is 0 Å². The smallest absolute Gasteiger partial charge is 0.391 e. The summed E-state index contributed by atoms with van der Waals surface area (Å²) in [6.45, 7) is 3.94. The number of rotatable bonds is 4. The fourth-order valence-electron chi connectivity index (χ4n) is 1.39. The van der Waals surface area contributed by atoms with Crippen molar-refractivity contribution in [2.24, 2.45) is 0 Å². The van der Waals surface area contributed by atoms with Crippen LogP contribution in [0.1, 0.15) is 30.9 Å². The Balaban J connectivity index is 2.74. The van der Waals surface area contributed by atoms with Gasteiger partial charge in [0.2, 0.25) is 0 Å². The van der Waals surface area contributed by atoms with Crippen molar-refractivity contribution in [3.8, 4) is 0 Å². The molecule has 0 radical (unpaired) electrons. The molecule has 15 heavy (non-hydrogen) atoms. The van der Waals surface area contributed by atoms with Crippen LogP contribution in [0.5, 0.6) is 0 Å². The topological polar surface area (TPSA) is 25.2 Å². The Hall–Kier alpha value is -0.970. The minimum atomic E-state index is -4.19. The molecule has 0 saturated carbocycles. The van der Waals surface area contributed by atoms with Gasteiger partial charge in [0.25, 0.3) is 0 Å². The first-order chi connectivity index (χ1) is 6.92. The maximum Gasteiger partial charge on any atom is 0.391 e. The van der Waals surface area contributed by atoms with Crippen molar-refractivity contribution in [3.63, 3.8) is 0 Å². The van der Waals surface area contributed by atoms with E-state index in [-0.39, 0.29) is 0 Å². The molecule has 0 saturated heterocycles. The Morgan fingerprint density at radius 3 is 2.47 bits per heavy atom. The summed E-state index contributed by atoms with van der Waals surface area (Å²) in [4.78, 5) is 0. The van der Waals surface area contributed by atoms with Crippen molar-refractivity contribution in [1.82, 2.24) is 5.32 Å². The Morgan fingerprint density at radius 1 is 1.40 bits per heavy atom. The fourth-order valence-corrected chi connectivity index (χ4v) is 1.39. The van der Waals surface area contributed by atoms with Crippen molar-refractivity contribution < 1.29 is 17.6 Å². The van der Waals surface area contributed by atoms with Crippen molar-refractivity contribution in [2.75, 3.05) is 6.54 Å². The molecule has 1 aromatic heterocycles. The quantitative estimate of drug-likeness (QED) is 0.844. The molecule has 0 aliphatic heterocycles. The molecule has 0 fully saturated rings. The number of hydrogen-bond donors (Lipinski definition) is 1.